The van der Waals surface area contributed by atoms with Gasteiger partial charge in [0.25, 0.3) is 0 Å². The molecule has 1 aromatic heterocycles. The third-order valence-corrected chi connectivity index (χ3v) is 3.19. The van der Waals surface area contributed by atoms with E-state index in [2.05, 4.69) is 10.3 Å². The van der Waals surface area contributed by atoms with Gasteiger partial charge in [-0.15, -0.1) is 0 Å². The van der Waals surface area contributed by atoms with E-state index in [-0.39, 0.29) is 0 Å². The molecule has 0 saturated heterocycles. The van der Waals surface area contributed by atoms with Gasteiger partial charge in [0.1, 0.15) is 5.75 Å². The normalized spacial score (nSPS) is 19.8. The minimum atomic E-state index is 0.733. The average Bonchev–Trinajstić information content (AvgIpc) is 3.17. The van der Waals surface area contributed by atoms with Crippen LogP contribution in [-0.2, 0) is 6.54 Å². The fraction of sp³-hybridized carbons (Fsp3) is 0.615. The Kier molecular flexibility index (Phi) is 2.79. The quantitative estimate of drug-likeness (QED) is 0.794. The van der Waals surface area contributed by atoms with Crippen LogP contribution in [0.25, 0.3) is 0 Å². The number of rotatable bonds is 6. The summed E-state index contributed by atoms with van der Waals surface area (Å²) >= 11 is 0. The van der Waals surface area contributed by atoms with Gasteiger partial charge in [-0.25, -0.2) is 0 Å². The van der Waals surface area contributed by atoms with Gasteiger partial charge < -0.3 is 10.1 Å². The first-order valence-electron chi connectivity index (χ1n) is 6.21. The molecule has 2 saturated carbocycles. The summed E-state index contributed by atoms with van der Waals surface area (Å²) in [5.74, 6) is 1.81. The number of nitrogens with one attached hydrogen (secondary N) is 1. The monoisotopic (exact) mass is 218 g/mol. The molecule has 16 heavy (non-hydrogen) atoms. The minimum absolute atomic E-state index is 0.733. The second-order valence-corrected chi connectivity index (χ2v) is 4.89. The van der Waals surface area contributed by atoms with E-state index in [1.54, 1.807) is 0 Å². The van der Waals surface area contributed by atoms with E-state index in [0.717, 1.165) is 30.9 Å². The predicted molar refractivity (Wildman–Crippen MR) is 62.3 cm³/mol. The van der Waals surface area contributed by atoms with Crippen LogP contribution in [0.2, 0.25) is 0 Å². The summed E-state index contributed by atoms with van der Waals surface area (Å²) in [6.45, 7) is 1.76. The van der Waals surface area contributed by atoms with Gasteiger partial charge in [-0.2, -0.15) is 0 Å². The Bertz CT molecular complexity index is 324. The molecule has 1 N–H and O–H groups in total. The Labute approximate surface area is 96.2 Å². The van der Waals surface area contributed by atoms with E-state index in [1.165, 1.54) is 31.2 Å². The zero-order valence-corrected chi connectivity index (χ0v) is 9.48. The van der Waals surface area contributed by atoms with Crippen molar-refractivity contribution in [2.75, 3.05) is 6.61 Å². The van der Waals surface area contributed by atoms with Gasteiger partial charge >= 0.3 is 0 Å². The van der Waals surface area contributed by atoms with E-state index in [0.29, 0.717) is 0 Å². The van der Waals surface area contributed by atoms with Crippen LogP contribution in [0.15, 0.2) is 18.5 Å². The maximum absolute atomic E-state index is 5.83. The first-order chi connectivity index (χ1) is 7.92. The molecule has 86 valence electrons. The molecular formula is C13H18N2O. The number of aromatic nitrogens is 1. The van der Waals surface area contributed by atoms with Gasteiger partial charge in [-0.3, -0.25) is 4.98 Å². The lowest BCUT2D eigenvalue weighted by Gasteiger charge is -2.10. The first kappa shape index (κ1) is 10.1. The molecular weight excluding hydrogens is 200 g/mol. The molecule has 0 aromatic carbocycles. The molecule has 3 heteroatoms. The Hall–Kier alpha value is -1.09. The van der Waals surface area contributed by atoms with Gasteiger partial charge in [0.2, 0.25) is 0 Å². The van der Waals surface area contributed by atoms with Crippen LogP contribution in [0.4, 0.5) is 0 Å². The van der Waals surface area contributed by atoms with Crippen molar-refractivity contribution in [3.05, 3.63) is 24.0 Å². The molecule has 0 unspecified atom stereocenters. The molecule has 2 fully saturated rings. The number of ether oxygens (including phenoxy) is 1. The Morgan fingerprint density at radius 3 is 2.94 bits per heavy atom. The molecule has 3 rings (SSSR count). The standard InChI is InChI=1S/C13H18N2O/c1-2-10(1)9-16-13-5-6-14-7-11(13)8-15-12-3-4-12/h5-7,10,12,15H,1-4,8-9H2. The molecule has 0 radical (unpaired) electrons. The Balaban J connectivity index is 1.58. The molecule has 0 atom stereocenters. The second-order valence-electron chi connectivity index (χ2n) is 4.89. The minimum Gasteiger partial charge on any atom is -0.493 e. The molecule has 1 heterocycles. The summed E-state index contributed by atoms with van der Waals surface area (Å²) in [5, 5.41) is 3.50. The Morgan fingerprint density at radius 2 is 2.19 bits per heavy atom. The smallest absolute Gasteiger partial charge is 0.126 e. The van der Waals surface area contributed by atoms with Crippen molar-refractivity contribution in [3.63, 3.8) is 0 Å². The van der Waals surface area contributed by atoms with Crippen LogP contribution < -0.4 is 10.1 Å². The summed E-state index contributed by atoms with van der Waals surface area (Å²) in [7, 11) is 0. The molecule has 0 bridgehead atoms. The van der Waals surface area contributed by atoms with Crippen molar-refractivity contribution in [2.45, 2.75) is 38.3 Å². The maximum Gasteiger partial charge on any atom is 0.126 e. The summed E-state index contributed by atoms with van der Waals surface area (Å²) < 4.78 is 5.83. The lowest BCUT2D eigenvalue weighted by atomic mass is 10.2. The van der Waals surface area contributed by atoms with Gasteiger partial charge in [-0.05, 0) is 37.7 Å². The molecule has 0 spiro atoms. The van der Waals surface area contributed by atoms with Crippen molar-refractivity contribution in [3.8, 4) is 5.75 Å². The number of hydrogen-bond donors (Lipinski definition) is 1. The van der Waals surface area contributed by atoms with E-state index < -0.39 is 0 Å². The van der Waals surface area contributed by atoms with Gasteiger partial charge in [-0.1, -0.05) is 0 Å². The van der Waals surface area contributed by atoms with Crippen LogP contribution >= 0.6 is 0 Å². The van der Waals surface area contributed by atoms with Crippen molar-refractivity contribution in [2.24, 2.45) is 5.92 Å². The third kappa shape index (κ3) is 2.73. The highest BCUT2D eigenvalue weighted by molar-refractivity contribution is 5.30. The van der Waals surface area contributed by atoms with Crippen molar-refractivity contribution in [1.29, 1.82) is 0 Å². The van der Waals surface area contributed by atoms with Crippen LogP contribution in [0.3, 0.4) is 0 Å². The van der Waals surface area contributed by atoms with Gasteiger partial charge in [0.05, 0.1) is 6.61 Å². The third-order valence-electron chi connectivity index (χ3n) is 3.19. The first-order valence-corrected chi connectivity index (χ1v) is 6.21. The fourth-order valence-electron chi connectivity index (χ4n) is 1.72. The second kappa shape index (κ2) is 4.42. The fourth-order valence-corrected chi connectivity index (χ4v) is 1.72. The van der Waals surface area contributed by atoms with Gasteiger partial charge in [0, 0.05) is 30.5 Å². The highest BCUT2D eigenvalue weighted by Gasteiger charge is 2.23. The highest BCUT2D eigenvalue weighted by Crippen LogP contribution is 2.30. The van der Waals surface area contributed by atoms with Crippen molar-refractivity contribution in [1.82, 2.24) is 10.3 Å². The molecule has 2 aliphatic rings. The average molecular weight is 218 g/mol. The van der Waals surface area contributed by atoms with Crippen LogP contribution in [0, 0.1) is 5.92 Å². The highest BCUT2D eigenvalue weighted by atomic mass is 16.5. The molecule has 3 nitrogen and oxygen atoms in total. The zero-order valence-electron chi connectivity index (χ0n) is 9.48. The van der Waals surface area contributed by atoms with Crippen LogP contribution in [0.1, 0.15) is 31.2 Å². The lowest BCUT2D eigenvalue weighted by Crippen LogP contribution is -2.16. The molecule has 0 amide bonds. The molecule has 2 aliphatic carbocycles. The zero-order chi connectivity index (χ0) is 10.8. The maximum atomic E-state index is 5.83. The van der Waals surface area contributed by atoms with Crippen LogP contribution in [-0.4, -0.2) is 17.6 Å². The summed E-state index contributed by atoms with van der Waals surface area (Å²) in [6.07, 6.45) is 9.03. The Morgan fingerprint density at radius 1 is 1.31 bits per heavy atom. The lowest BCUT2D eigenvalue weighted by molar-refractivity contribution is 0.295. The van der Waals surface area contributed by atoms with Crippen LogP contribution in [0.5, 0.6) is 5.75 Å². The van der Waals surface area contributed by atoms with Gasteiger partial charge in [0.15, 0.2) is 0 Å². The van der Waals surface area contributed by atoms with E-state index in [1.807, 2.05) is 18.5 Å². The molecule has 0 aliphatic heterocycles. The van der Waals surface area contributed by atoms with E-state index in [4.69, 9.17) is 4.74 Å². The van der Waals surface area contributed by atoms with Crippen molar-refractivity contribution >= 4 is 0 Å². The summed E-state index contributed by atoms with van der Waals surface area (Å²) in [5.41, 5.74) is 1.19. The number of nitrogens with zero attached hydrogens (tertiary/aromatic N) is 1. The molecule has 1 aromatic rings. The topological polar surface area (TPSA) is 34.1 Å². The van der Waals surface area contributed by atoms with Crippen molar-refractivity contribution < 1.29 is 4.74 Å². The van der Waals surface area contributed by atoms with E-state index >= 15 is 0 Å². The number of pyridine rings is 1. The summed E-state index contributed by atoms with van der Waals surface area (Å²) in [6, 6.07) is 2.71. The number of hydrogen-bond acceptors (Lipinski definition) is 3. The SMILES string of the molecule is c1cc(OCC2CC2)c(CNC2CC2)cn1. The largest absolute Gasteiger partial charge is 0.493 e. The predicted octanol–water partition coefficient (Wildman–Crippen LogP) is 2.12. The summed E-state index contributed by atoms with van der Waals surface area (Å²) in [4.78, 5) is 4.17. The van der Waals surface area contributed by atoms with E-state index in [9.17, 15) is 0 Å².